The molecule has 0 aliphatic rings. The van der Waals surface area contributed by atoms with Gasteiger partial charge in [0.2, 0.25) is 0 Å². The number of nitrogens with zero attached hydrogens (tertiary/aromatic N) is 2. The summed E-state index contributed by atoms with van der Waals surface area (Å²) in [7, 11) is 0. The van der Waals surface area contributed by atoms with Crippen LogP contribution in [0.5, 0.6) is 0 Å². The highest BCUT2D eigenvalue weighted by Crippen LogP contribution is 2.36. The van der Waals surface area contributed by atoms with E-state index in [0.717, 1.165) is 39.3 Å². The molecule has 0 radical (unpaired) electrons. The van der Waals surface area contributed by atoms with Crippen LogP contribution in [0, 0.1) is 0 Å². The van der Waals surface area contributed by atoms with Crippen LogP contribution < -0.4 is 0 Å². The van der Waals surface area contributed by atoms with E-state index in [1.54, 1.807) is 0 Å². The average molecular weight is 499 g/mol. The molecule has 0 N–H and O–H groups in total. The van der Waals surface area contributed by atoms with Gasteiger partial charge in [0.1, 0.15) is 0 Å². The lowest BCUT2D eigenvalue weighted by Gasteiger charge is -2.13. The van der Waals surface area contributed by atoms with Crippen molar-refractivity contribution in [1.29, 1.82) is 0 Å². The fourth-order valence-electron chi connectivity index (χ4n) is 5.53. The Hall–Kier alpha value is -5.21. The lowest BCUT2D eigenvalue weighted by atomic mass is 10.00. The van der Waals surface area contributed by atoms with Gasteiger partial charge in [-0.05, 0) is 53.1 Å². The Balaban J connectivity index is 1.45. The number of hydrogen-bond acceptors (Lipinski definition) is 1. The van der Waals surface area contributed by atoms with Crippen LogP contribution in [-0.2, 0) is 0 Å². The SMILES string of the molecule is C=Cc1cccc2c1c1ccccc1n2-c1cccc(-c2cc(-c3ccccc3)cc(-c3ccccc3)n2)c1. The molecule has 7 aromatic rings. The Bertz CT molecular complexity index is 1910. The van der Waals surface area contributed by atoms with E-state index >= 15 is 0 Å². The summed E-state index contributed by atoms with van der Waals surface area (Å²) in [5, 5.41) is 2.45. The van der Waals surface area contributed by atoms with Gasteiger partial charge in [-0.15, -0.1) is 0 Å². The lowest BCUT2D eigenvalue weighted by molar-refractivity contribution is 1.18. The summed E-state index contributed by atoms with van der Waals surface area (Å²) < 4.78 is 2.35. The molecule has 2 heteroatoms. The number of rotatable bonds is 5. The molecule has 184 valence electrons. The van der Waals surface area contributed by atoms with Crippen molar-refractivity contribution in [1.82, 2.24) is 9.55 Å². The predicted molar refractivity (Wildman–Crippen MR) is 165 cm³/mol. The third kappa shape index (κ3) is 4.03. The maximum Gasteiger partial charge on any atom is 0.0716 e. The number of pyridine rings is 1. The molecule has 0 aliphatic heterocycles. The van der Waals surface area contributed by atoms with E-state index in [4.69, 9.17) is 4.98 Å². The summed E-state index contributed by atoms with van der Waals surface area (Å²) in [6.07, 6.45) is 1.94. The second-order valence-corrected chi connectivity index (χ2v) is 9.71. The van der Waals surface area contributed by atoms with Gasteiger partial charge in [0.15, 0.2) is 0 Å². The summed E-state index contributed by atoms with van der Waals surface area (Å²) in [6.45, 7) is 4.07. The summed E-state index contributed by atoms with van der Waals surface area (Å²) in [6, 6.07) is 49.0. The van der Waals surface area contributed by atoms with Gasteiger partial charge < -0.3 is 4.57 Å². The van der Waals surface area contributed by atoms with Gasteiger partial charge in [0.05, 0.1) is 22.4 Å². The fraction of sp³-hybridized carbons (Fsp3) is 0. The Kier molecular flexibility index (Phi) is 5.64. The van der Waals surface area contributed by atoms with Crippen LogP contribution >= 0.6 is 0 Å². The minimum atomic E-state index is 0.949. The molecular weight excluding hydrogens is 472 g/mol. The summed E-state index contributed by atoms with van der Waals surface area (Å²) in [4.78, 5) is 5.15. The molecule has 0 unspecified atom stereocenters. The fourth-order valence-corrected chi connectivity index (χ4v) is 5.53. The number of aromatic nitrogens is 2. The zero-order valence-corrected chi connectivity index (χ0v) is 21.5. The van der Waals surface area contributed by atoms with Crippen LogP contribution in [0.15, 0.2) is 146 Å². The molecule has 2 aromatic heterocycles. The number of hydrogen-bond donors (Lipinski definition) is 0. The first-order chi connectivity index (χ1) is 19.3. The molecule has 0 fully saturated rings. The number of para-hydroxylation sites is 1. The van der Waals surface area contributed by atoms with Gasteiger partial charge in [-0.2, -0.15) is 0 Å². The van der Waals surface area contributed by atoms with Gasteiger partial charge in [-0.1, -0.05) is 116 Å². The second-order valence-electron chi connectivity index (χ2n) is 9.71. The topological polar surface area (TPSA) is 17.8 Å². The van der Waals surface area contributed by atoms with Crippen molar-refractivity contribution in [3.63, 3.8) is 0 Å². The average Bonchev–Trinajstić information content (AvgIpc) is 3.36. The van der Waals surface area contributed by atoms with Gasteiger partial charge in [0, 0.05) is 27.6 Å². The molecule has 0 saturated carbocycles. The maximum atomic E-state index is 5.15. The van der Waals surface area contributed by atoms with Crippen LogP contribution in [0.1, 0.15) is 5.56 Å². The van der Waals surface area contributed by atoms with Crippen LogP contribution in [0.3, 0.4) is 0 Å². The van der Waals surface area contributed by atoms with Crippen molar-refractivity contribution in [2.24, 2.45) is 0 Å². The summed E-state index contributed by atoms with van der Waals surface area (Å²) >= 11 is 0. The van der Waals surface area contributed by atoms with Gasteiger partial charge in [0.25, 0.3) is 0 Å². The Labute approximate surface area is 228 Å². The third-order valence-corrected chi connectivity index (χ3v) is 7.35. The molecule has 0 atom stereocenters. The molecule has 0 aliphatic carbocycles. The quantitative estimate of drug-likeness (QED) is 0.231. The van der Waals surface area contributed by atoms with Gasteiger partial charge in [-0.3, -0.25) is 0 Å². The zero-order chi connectivity index (χ0) is 26.2. The first-order valence-corrected chi connectivity index (χ1v) is 13.2. The van der Waals surface area contributed by atoms with E-state index < -0.39 is 0 Å². The standard InChI is InChI=1S/C37H26N2/c1-2-26-17-12-22-36-37(26)32-20-9-10-21-35(32)39(36)31-19-11-18-29(23-31)34-25-30(27-13-5-3-6-14-27)24-33(38-34)28-15-7-4-8-16-28/h2-25H,1H2. The van der Waals surface area contributed by atoms with Crippen LogP contribution in [0.2, 0.25) is 0 Å². The Morgan fingerprint density at radius 1 is 0.513 bits per heavy atom. The van der Waals surface area contributed by atoms with E-state index in [-0.39, 0.29) is 0 Å². The highest BCUT2D eigenvalue weighted by molar-refractivity contribution is 6.12. The smallest absolute Gasteiger partial charge is 0.0716 e. The number of fused-ring (bicyclic) bond motifs is 3. The van der Waals surface area contributed by atoms with Crippen molar-refractivity contribution in [3.8, 4) is 39.3 Å². The van der Waals surface area contributed by atoms with Crippen LogP contribution in [0.4, 0.5) is 0 Å². The normalized spacial score (nSPS) is 11.2. The minimum Gasteiger partial charge on any atom is -0.309 e. The molecule has 2 nitrogen and oxygen atoms in total. The highest BCUT2D eigenvalue weighted by atomic mass is 15.0. The van der Waals surface area contributed by atoms with E-state index in [2.05, 4.69) is 145 Å². The van der Waals surface area contributed by atoms with Crippen molar-refractivity contribution in [2.75, 3.05) is 0 Å². The molecule has 2 heterocycles. The van der Waals surface area contributed by atoms with Gasteiger partial charge in [-0.25, -0.2) is 4.98 Å². The molecule has 7 rings (SSSR count). The minimum absolute atomic E-state index is 0.949. The first kappa shape index (κ1) is 22.9. The highest BCUT2D eigenvalue weighted by Gasteiger charge is 2.15. The zero-order valence-electron chi connectivity index (χ0n) is 21.5. The summed E-state index contributed by atoms with van der Waals surface area (Å²) in [5.41, 5.74) is 11.0. The molecule has 39 heavy (non-hydrogen) atoms. The molecule has 5 aromatic carbocycles. The van der Waals surface area contributed by atoms with Crippen LogP contribution in [-0.4, -0.2) is 9.55 Å². The predicted octanol–water partition coefficient (Wildman–Crippen LogP) is 9.82. The van der Waals surface area contributed by atoms with Crippen molar-refractivity contribution >= 4 is 27.9 Å². The number of benzene rings is 5. The molecule has 0 saturated heterocycles. The van der Waals surface area contributed by atoms with E-state index in [9.17, 15) is 0 Å². The largest absolute Gasteiger partial charge is 0.309 e. The molecular formula is C37H26N2. The maximum absolute atomic E-state index is 5.15. The monoisotopic (exact) mass is 498 g/mol. The van der Waals surface area contributed by atoms with E-state index in [0.29, 0.717) is 0 Å². The van der Waals surface area contributed by atoms with Crippen LogP contribution in [0.25, 0.3) is 67.2 Å². The van der Waals surface area contributed by atoms with Crippen molar-refractivity contribution < 1.29 is 0 Å². The summed E-state index contributed by atoms with van der Waals surface area (Å²) in [5.74, 6) is 0. The Morgan fingerprint density at radius 3 is 1.90 bits per heavy atom. The van der Waals surface area contributed by atoms with E-state index in [1.807, 2.05) is 12.1 Å². The molecule has 0 spiro atoms. The first-order valence-electron chi connectivity index (χ1n) is 13.2. The van der Waals surface area contributed by atoms with Crippen molar-refractivity contribution in [2.45, 2.75) is 0 Å². The second kappa shape index (κ2) is 9.59. The Morgan fingerprint density at radius 2 is 1.13 bits per heavy atom. The van der Waals surface area contributed by atoms with Gasteiger partial charge >= 0.3 is 0 Å². The molecule has 0 amide bonds. The molecule has 0 bridgehead atoms. The lowest BCUT2D eigenvalue weighted by Crippen LogP contribution is -1.96. The third-order valence-electron chi connectivity index (χ3n) is 7.35. The van der Waals surface area contributed by atoms with Crippen molar-refractivity contribution in [3.05, 3.63) is 152 Å². The van der Waals surface area contributed by atoms with E-state index in [1.165, 1.54) is 27.4 Å².